The lowest BCUT2D eigenvalue weighted by molar-refractivity contribution is -0.415. The molecule has 1 atom stereocenters. The average Bonchev–Trinajstić information content (AvgIpc) is 2.18. The predicted molar refractivity (Wildman–Crippen MR) is 51.4 cm³/mol. The summed E-state index contributed by atoms with van der Waals surface area (Å²) in [7, 11) is 0. The van der Waals surface area contributed by atoms with E-state index in [1.165, 1.54) is 6.08 Å². The van der Waals surface area contributed by atoms with Crippen LogP contribution in [0.3, 0.4) is 0 Å². The third kappa shape index (κ3) is 1.61. The fraction of sp³-hybridized carbons (Fsp3) is 0.125. The smallest absolute Gasteiger partial charge is 0.374 e. The van der Waals surface area contributed by atoms with E-state index < -0.39 is 28.6 Å². The number of hydrogen-bond donors (Lipinski definition) is 0. The number of rotatable bonds is 1. The molecule has 0 aromatic carbocycles. The number of nitrogens with zero attached hydrogens (tertiary/aromatic N) is 2. The van der Waals surface area contributed by atoms with Gasteiger partial charge < -0.3 is 4.74 Å². The van der Waals surface area contributed by atoms with Gasteiger partial charge in [-0.25, -0.2) is 4.79 Å². The van der Waals surface area contributed by atoms with E-state index in [2.05, 4.69) is 9.73 Å². The Morgan fingerprint density at radius 3 is 2.81 bits per heavy atom. The highest BCUT2D eigenvalue weighted by atomic mass is 35.5. The molecule has 0 fully saturated rings. The molecule has 0 saturated carbocycles. The van der Waals surface area contributed by atoms with E-state index in [0.717, 1.165) is 6.08 Å². The van der Waals surface area contributed by atoms with Crippen molar-refractivity contribution >= 4 is 29.4 Å². The summed E-state index contributed by atoms with van der Waals surface area (Å²) in [5.41, 5.74) is -0.710. The second-order valence-corrected chi connectivity index (χ2v) is 3.44. The van der Waals surface area contributed by atoms with E-state index in [9.17, 15) is 19.7 Å². The number of amides is 1. The Morgan fingerprint density at radius 1 is 1.50 bits per heavy atom. The molecule has 8 heteroatoms. The number of carbonyl (C=O) groups excluding carboxylic acids is 2. The maximum absolute atomic E-state index is 11.3. The highest BCUT2D eigenvalue weighted by Crippen LogP contribution is 2.27. The first-order chi connectivity index (χ1) is 7.49. The normalized spacial score (nSPS) is 23.8. The van der Waals surface area contributed by atoms with Gasteiger partial charge in [-0.05, 0) is 6.08 Å². The summed E-state index contributed by atoms with van der Waals surface area (Å²) >= 11 is 5.61. The van der Waals surface area contributed by atoms with Crippen molar-refractivity contribution in [2.75, 3.05) is 0 Å². The monoisotopic (exact) mass is 242 g/mol. The fourth-order valence-corrected chi connectivity index (χ4v) is 1.60. The van der Waals surface area contributed by atoms with E-state index in [1.54, 1.807) is 0 Å². The van der Waals surface area contributed by atoms with Gasteiger partial charge in [0.1, 0.15) is 11.6 Å². The molecule has 1 aliphatic heterocycles. The first kappa shape index (κ1) is 10.5. The number of cyclic esters (lactones) is 2. The molecule has 1 amide bonds. The number of carbonyl (C=O) groups is 2. The molecule has 0 radical (unpaired) electrons. The molecule has 2 aliphatic rings. The molecule has 1 aliphatic carbocycles. The molecule has 16 heavy (non-hydrogen) atoms. The summed E-state index contributed by atoms with van der Waals surface area (Å²) in [5, 5.41) is 10.7. The Kier molecular flexibility index (Phi) is 2.31. The Balaban J connectivity index is 2.56. The van der Waals surface area contributed by atoms with Crippen molar-refractivity contribution < 1.29 is 19.2 Å². The van der Waals surface area contributed by atoms with Crippen LogP contribution in [0.5, 0.6) is 0 Å². The van der Waals surface area contributed by atoms with E-state index in [0.29, 0.717) is 0 Å². The van der Waals surface area contributed by atoms with Crippen LogP contribution < -0.4 is 0 Å². The van der Waals surface area contributed by atoms with Crippen LogP contribution in [0, 0.1) is 16.0 Å². The summed E-state index contributed by atoms with van der Waals surface area (Å²) in [4.78, 5) is 35.4. The van der Waals surface area contributed by atoms with Gasteiger partial charge in [0.05, 0.1) is 4.92 Å². The van der Waals surface area contributed by atoms with Gasteiger partial charge in [0.25, 0.3) is 5.70 Å². The number of ether oxygens (including phenoxy) is 1. The van der Waals surface area contributed by atoms with Gasteiger partial charge in [-0.3, -0.25) is 14.9 Å². The first-order valence-electron chi connectivity index (χ1n) is 4.07. The topological polar surface area (TPSA) is 98.9 Å². The van der Waals surface area contributed by atoms with Crippen molar-refractivity contribution in [2.24, 2.45) is 10.9 Å². The Bertz CT molecular complexity index is 505. The first-order valence-corrected chi connectivity index (χ1v) is 4.45. The molecule has 2 rings (SSSR count). The fourth-order valence-electron chi connectivity index (χ4n) is 1.37. The minimum Gasteiger partial charge on any atom is -0.374 e. The number of aliphatic imine (C=N–C) groups is 1. The van der Waals surface area contributed by atoms with Gasteiger partial charge in [0.15, 0.2) is 0 Å². The summed E-state index contributed by atoms with van der Waals surface area (Å²) in [6, 6.07) is 0. The quantitative estimate of drug-likeness (QED) is 0.296. The van der Waals surface area contributed by atoms with Crippen LogP contribution in [0.4, 0.5) is 4.79 Å². The number of halogens is 1. The third-order valence-electron chi connectivity index (χ3n) is 2.01. The zero-order valence-corrected chi connectivity index (χ0v) is 8.30. The summed E-state index contributed by atoms with van der Waals surface area (Å²) in [6.45, 7) is 0. The van der Waals surface area contributed by atoms with Crippen molar-refractivity contribution in [3.63, 3.8) is 0 Å². The van der Waals surface area contributed by atoms with Crippen molar-refractivity contribution in [1.82, 2.24) is 0 Å². The summed E-state index contributed by atoms with van der Waals surface area (Å²) < 4.78 is 4.21. The minimum absolute atomic E-state index is 0.0296. The molecule has 1 unspecified atom stereocenters. The molecule has 82 valence electrons. The molecule has 7 nitrogen and oxygen atoms in total. The van der Waals surface area contributed by atoms with Crippen molar-refractivity contribution in [2.45, 2.75) is 0 Å². The lowest BCUT2D eigenvalue weighted by Crippen LogP contribution is -2.36. The van der Waals surface area contributed by atoms with Crippen LogP contribution in [0.2, 0.25) is 0 Å². The van der Waals surface area contributed by atoms with Gasteiger partial charge >= 0.3 is 12.1 Å². The van der Waals surface area contributed by atoms with Crippen LogP contribution >= 0.6 is 11.6 Å². The van der Waals surface area contributed by atoms with Crippen molar-refractivity contribution in [1.29, 1.82) is 0 Å². The van der Waals surface area contributed by atoms with Crippen LogP contribution in [0.15, 0.2) is 27.9 Å². The van der Waals surface area contributed by atoms with Gasteiger partial charge in [-0.2, -0.15) is 4.99 Å². The van der Waals surface area contributed by atoms with Gasteiger partial charge in [-0.1, -0.05) is 11.6 Å². The zero-order valence-electron chi connectivity index (χ0n) is 7.55. The molecule has 0 spiro atoms. The molecule has 0 aromatic heterocycles. The number of allylic oxidation sites excluding steroid dienone is 3. The number of hydrogen-bond acceptors (Lipinski definition) is 5. The van der Waals surface area contributed by atoms with Gasteiger partial charge in [0, 0.05) is 11.1 Å². The summed E-state index contributed by atoms with van der Waals surface area (Å²) in [6.07, 6.45) is 1.11. The van der Waals surface area contributed by atoms with Crippen molar-refractivity contribution in [3.05, 3.63) is 33.0 Å². The molecule has 0 aromatic rings. The standard InChI is InChI=1S/C8H3ClN2O5/c9-3-1-4-6(5(2-3)11(14)15)10-8(13)16-7(4)12/h1-2,4H. The lowest BCUT2D eigenvalue weighted by Gasteiger charge is -2.18. The largest absolute Gasteiger partial charge is 0.441 e. The van der Waals surface area contributed by atoms with Crippen LogP contribution in [0.1, 0.15) is 0 Å². The molecule has 0 N–H and O–H groups in total. The second-order valence-electron chi connectivity index (χ2n) is 3.00. The predicted octanol–water partition coefficient (Wildman–Crippen LogP) is 1.02. The van der Waals surface area contributed by atoms with Gasteiger partial charge in [-0.15, -0.1) is 0 Å². The molecule has 0 saturated heterocycles. The van der Waals surface area contributed by atoms with E-state index in [4.69, 9.17) is 11.6 Å². The molecular weight excluding hydrogens is 240 g/mol. The van der Waals surface area contributed by atoms with E-state index >= 15 is 0 Å². The SMILES string of the molecule is O=C1N=C2C([N+](=O)[O-])=CC(Cl)=CC2C(=O)O1. The maximum Gasteiger partial charge on any atom is 0.441 e. The lowest BCUT2D eigenvalue weighted by atomic mass is 9.95. The second kappa shape index (κ2) is 3.53. The molecule has 1 heterocycles. The zero-order chi connectivity index (χ0) is 11.9. The van der Waals surface area contributed by atoms with Crippen LogP contribution in [-0.4, -0.2) is 22.7 Å². The van der Waals surface area contributed by atoms with Crippen molar-refractivity contribution in [3.8, 4) is 0 Å². The Hall–Kier alpha value is -2.02. The van der Waals surface area contributed by atoms with E-state index in [1.807, 2.05) is 0 Å². The number of nitro groups is 1. The third-order valence-corrected chi connectivity index (χ3v) is 2.24. The molecular formula is C8H3ClN2O5. The minimum atomic E-state index is -1.16. The van der Waals surface area contributed by atoms with Gasteiger partial charge in [0.2, 0.25) is 0 Å². The number of fused-ring (bicyclic) bond motifs is 1. The maximum atomic E-state index is 11.3. The Morgan fingerprint density at radius 2 is 2.19 bits per heavy atom. The van der Waals surface area contributed by atoms with Crippen LogP contribution in [-0.2, 0) is 9.53 Å². The highest BCUT2D eigenvalue weighted by Gasteiger charge is 2.40. The Labute approximate surface area is 93.2 Å². The molecule has 0 bridgehead atoms. The van der Waals surface area contributed by atoms with Crippen LogP contribution in [0.25, 0.3) is 0 Å². The number of esters is 1. The van der Waals surface area contributed by atoms with E-state index in [-0.39, 0.29) is 10.7 Å². The average molecular weight is 243 g/mol. The highest BCUT2D eigenvalue weighted by molar-refractivity contribution is 6.33. The summed E-state index contributed by atoms with van der Waals surface area (Å²) in [5.74, 6) is -2.00.